The van der Waals surface area contributed by atoms with Gasteiger partial charge in [0.25, 0.3) is 0 Å². The van der Waals surface area contributed by atoms with Crippen LogP contribution >= 0.6 is 24.0 Å². The van der Waals surface area contributed by atoms with E-state index in [9.17, 15) is 0 Å². The first kappa shape index (κ1) is 26.1. The molecule has 0 aliphatic carbocycles. The number of benzene rings is 2. The Hall–Kier alpha value is -2.20. The Morgan fingerprint density at radius 2 is 1.75 bits per heavy atom. The Bertz CT molecular complexity index is 892. The standard InChI is InChI=1S/C24H34N4O3.HI/c1-5-25-24(27-16-18-7-6-8-21(13-18)29-2)26-10-12-28-11-9-19-14-22(30-3)23(31-4)15-20(19)17-28;/h6-8,13-15H,5,9-12,16-17H2,1-4H3,(H2,25,26,27);1H. The minimum atomic E-state index is 0. The van der Waals surface area contributed by atoms with E-state index >= 15 is 0 Å². The molecule has 176 valence electrons. The van der Waals surface area contributed by atoms with Crippen LogP contribution in [0.1, 0.15) is 23.6 Å². The van der Waals surface area contributed by atoms with Gasteiger partial charge in [0.2, 0.25) is 0 Å². The van der Waals surface area contributed by atoms with Gasteiger partial charge in [-0.2, -0.15) is 0 Å². The molecule has 0 amide bonds. The minimum absolute atomic E-state index is 0. The van der Waals surface area contributed by atoms with Gasteiger partial charge in [0.15, 0.2) is 17.5 Å². The number of fused-ring (bicyclic) bond motifs is 1. The highest BCUT2D eigenvalue weighted by atomic mass is 127. The second kappa shape index (κ2) is 13.4. The average Bonchev–Trinajstić information content (AvgIpc) is 2.81. The Labute approximate surface area is 208 Å². The first-order valence-electron chi connectivity index (χ1n) is 10.8. The number of aliphatic imine (C=N–C) groups is 1. The maximum Gasteiger partial charge on any atom is 0.191 e. The molecule has 2 aromatic rings. The molecular weight excluding hydrogens is 519 g/mol. The van der Waals surface area contributed by atoms with Gasteiger partial charge in [0.05, 0.1) is 27.9 Å². The zero-order chi connectivity index (χ0) is 22.1. The van der Waals surface area contributed by atoms with E-state index in [2.05, 4.69) is 40.7 Å². The van der Waals surface area contributed by atoms with Gasteiger partial charge in [0, 0.05) is 32.7 Å². The maximum absolute atomic E-state index is 5.47. The molecule has 2 N–H and O–H groups in total. The number of methoxy groups -OCH3 is 3. The normalized spacial score (nSPS) is 13.6. The summed E-state index contributed by atoms with van der Waals surface area (Å²) in [6.45, 7) is 7.21. The van der Waals surface area contributed by atoms with Crippen molar-refractivity contribution >= 4 is 29.9 Å². The van der Waals surface area contributed by atoms with Gasteiger partial charge in [-0.15, -0.1) is 24.0 Å². The lowest BCUT2D eigenvalue weighted by atomic mass is 9.99. The lowest BCUT2D eigenvalue weighted by Gasteiger charge is -2.29. The van der Waals surface area contributed by atoms with E-state index < -0.39 is 0 Å². The van der Waals surface area contributed by atoms with Gasteiger partial charge in [-0.05, 0) is 54.3 Å². The molecule has 32 heavy (non-hydrogen) atoms. The third-order valence-electron chi connectivity index (χ3n) is 5.42. The largest absolute Gasteiger partial charge is 0.497 e. The second-order valence-electron chi connectivity index (χ2n) is 7.48. The number of ether oxygens (including phenoxy) is 3. The van der Waals surface area contributed by atoms with Gasteiger partial charge in [-0.25, -0.2) is 4.99 Å². The molecule has 0 bridgehead atoms. The van der Waals surface area contributed by atoms with Crippen LogP contribution in [0.25, 0.3) is 0 Å². The number of hydrogen-bond acceptors (Lipinski definition) is 5. The summed E-state index contributed by atoms with van der Waals surface area (Å²) in [5.41, 5.74) is 3.77. The molecule has 3 rings (SSSR count). The summed E-state index contributed by atoms with van der Waals surface area (Å²) >= 11 is 0. The monoisotopic (exact) mass is 554 g/mol. The Balaban J connectivity index is 0.00000363. The van der Waals surface area contributed by atoms with Crippen molar-refractivity contribution < 1.29 is 14.2 Å². The van der Waals surface area contributed by atoms with Crippen LogP contribution in [0, 0.1) is 0 Å². The average molecular weight is 554 g/mol. The summed E-state index contributed by atoms with van der Waals surface area (Å²) < 4.78 is 16.2. The van der Waals surface area contributed by atoms with Gasteiger partial charge >= 0.3 is 0 Å². The summed E-state index contributed by atoms with van der Waals surface area (Å²) in [7, 11) is 5.05. The van der Waals surface area contributed by atoms with Crippen molar-refractivity contribution in [3.63, 3.8) is 0 Å². The van der Waals surface area contributed by atoms with Crippen LogP contribution in [0.15, 0.2) is 41.4 Å². The smallest absolute Gasteiger partial charge is 0.191 e. The molecule has 0 atom stereocenters. The molecule has 0 saturated carbocycles. The fourth-order valence-corrected chi connectivity index (χ4v) is 3.75. The minimum Gasteiger partial charge on any atom is -0.497 e. The van der Waals surface area contributed by atoms with E-state index in [1.54, 1.807) is 21.3 Å². The van der Waals surface area contributed by atoms with Crippen LogP contribution in [-0.2, 0) is 19.5 Å². The molecule has 7 nitrogen and oxygen atoms in total. The molecule has 1 heterocycles. The molecule has 8 heteroatoms. The highest BCUT2D eigenvalue weighted by Gasteiger charge is 2.19. The predicted octanol–water partition coefficient (Wildman–Crippen LogP) is 3.44. The Kier molecular flexibility index (Phi) is 10.9. The van der Waals surface area contributed by atoms with Crippen molar-refractivity contribution in [2.24, 2.45) is 4.99 Å². The molecule has 0 radical (unpaired) electrons. The summed E-state index contributed by atoms with van der Waals surface area (Å²) in [6.07, 6.45) is 1.01. The van der Waals surface area contributed by atoms with Gasteiger partial charge in [-0.3, -0.25) is 4.90 Å². The number of guanidine groups is 1. The molecule has 0 spiro atoms. The van der Waals surface area contributed by atoms with Crippen molar-refractivity contribution in [2.75, 3.05) is 47.5 Å². The van der Waals surface area contributed by atoms with Crippen molar-refractivity contribution in [1.82, 2.24) is 15.5 Å². The van der Waals surface area contributed by atoms with Crippen LogP contribution in [0.5, 0.6) is 17.2 Å². The highest BCUT2D eigenvalue weighted by molar-refractivity contribution is 14.0. The Morgan fingerprint density at radius 3 is 2.44 bits per heavy atom. The number of hydrogen-bond donors (Lipinski definition) is 2. The van der Waals surface area contributed by atoms with E-state index in [4.69, 9.17) is 19.2 Å². The number of nitrogens with one attached hydrogen (secondary N) is 2. The van der Waals surface area contributed by atoms with Gasteiger partial charge < -0.3 is 24.8 Å². The van der Waals surface area contributed by atoms with E-state index in [1.807, 2.05) is 18.2 Å². The van der Waals surface area contributed by atoms with Crippen molar-refractivity contribution in [3.8, 4) is 17.2 Å². The second-order valence-corrected chi connectivity index (χ2v) is 7.48. The van der Waals surface area contributed by atoms with Crippen LogP contribution < -0.4 is 24.8 Å². The summed E-state index contributed by atoms with van der Waals surface area (Å²) in [5, 5.41) is 6.77. The van der Waals surface area contributed by atoms with Crippen molar-refractivity contribution in [2.45, 2.75) is 26.4 Å². The molecule has 0 unspecified atom stereocenters. The SMILES string of the molecule is CCNC(=NCc1cccc(OC)c1)NCCN1CCc2cc(OC)c(OC)cc2C1.I. The quantitative estimate of drug-likeness (QED) is 0.281. The lowest BCUT2D eigenvalue weighted by Crippen LogP contribution is -2.42. The van der Waals surface area contributed by atoms with Crippen molar-refractivity contribution in [1.29, 1.82) is 0 Å². The lowest BCUT2D eigenvalue weighted by molar-refractivity contribution is 0.256. The van der Waals surface area contributed by atoms with Gasteiger partial charge in [0.1, 0.15) is 5.75 Å². The third kappa shape index (κ3) is 7.16. The molecule has 1 aliphatic heterocycles. The van der Waals surface area contributed by atoms with E-state index in [-0.39, 0.29) is 24.0 Å². The zero-order valence-electron chi connectivity index (χ0n) is 19.4. The highest BCUT2D eigenvalue weighted by Crippen LogP contribution is 2.33. The molecule has 1 aliphatic rings. The fraction of sp³-hybridized carbons (Fsp3) is 0.458. The van der Waals surface area contributed by atoms with Gasteiger partial charge in [-0.1, -0.05) is 12.1 Å². The summed E-state index contributed by atoms with van der Waals surface area (Å²) in [4.78, 5) is 7.16. The van der Waals surface area contributed by atoms with Crippen molar-refractivity contribution in [3.05, 3.63) is 53.1 Å². The Morgan fingerprint density at radius 1 is 1.00 bits per heavy atom. The number of halogens is 1. The molecule has 2 aromatic carbocycles. The first-order valence-corrected chi connectivity index (χ1v) is 10.8. The topological polar surface area (TPSA) is 67.4 Å². The predicted molar refractivity (Wildman–Crippen MR) is 140 cm³/mol. The molecule has 0 aromatic heterocycles. The number of nitrogens with zero attached hydrogens (tertiary/aromatic N) is 2. The van der Waals surface area contributed by atoms with Crippen LogP contribution in [-0.4, -0.2) is 58.4 Å². The van der Waals surface area contributed by atoms with E-state index in [0.717, 1.165) is 67.9 Å². The van der Waals surface area contributed by atoms with E-state index in [1.165, 1.54) is 11.1 Å². The van der Waals surface area contributed by atoms with Crippen LogP contribution in [0.4, 0.5) is 0 Å². The third-order valence-corrected chi connectivity index (χ3v) is 5.42. The van der Waals surface area contributed by atoms with Crippen LogP contribution in [0.2, 0.25) is 0 Å². The van der Waals surface area contributed by atoms with E-state index in [0.29, 0.717) is 6.54 Å². The number of rotatable bonds is 9. The zero-order valence-corrected chi connectivity index (χ0v) is 21.8. The molecule has 0 fully saturated rings. The molecule has 0 saturated heterocycles. The summed E-state index contributed by atoms with van der Waals surface area (Å²) in [5.74, 6) is 3.28. The first-order chi connectivity index (χ1) is 15.2. The maximum atomic E-state index is 5.47. The summed E-state index contributed by atoms with van der Waals surface area (Å²) in [6, 6.07) is 12.2. The van der Waals surface area contributed by atoms with Crippen LogP contribution in [0.3, 0.4) is 0 Å². The fourth-order valence-electron chi connectivity index (χ4n) is 3.75. The molecular formula is C24H35IN4O3.